The molecule has 2 nitrogen and oxygen atoms in total. The van der Waals surface area contributed by atoms with Crippen molar-refractivity contribution in [3.8, 4) is 5.75 Å². The van der Waals surface area contributed by atoms with Gasteiger partial charge in [0.05, 0.1) is 0 Å². The normalized spacial score (nSPS) is 21.3. The third kappa shape index (κ3) is 2.85. The van der Waals surface area contributed by atoms with Crippen LogP contribution < -0.4 is 10.1 Å². The van der Waals surface area contributed by atoms with E-state index in [-0.39, 0.29) is 6.10 Å². The van der Waals surface area contributed by atoms with Gasteiger partial charge in [0.25, 0.3) is 0 Å². The van der Waals surface area contributed by atoms with Crippen molar-refractivity contribution >= 4 is 22.9 Å². The first-order chi connectivity index (χ1) is 9.78. The summed E-state index contributed by atoms with van der Waals surface area (Å²) in [4.78, 5) is 1.29. The van der Waals surface area contributed by atoms with E-state index in [9.17, 15) is 0 Å². The predicted octanol–water partition coefficient (Wildman–Crippen LogP) is 4.97. The third-order valence-electron chi connectivity index (χ3n) is 3.57. The molecule has 2 unspecified atom stereocenters. The van der Waals surface area contributed by atoms with Crippen molar-refractivity contribution in [1.82, 2.24) is 5.32 Å². The van der Waals surface area contributed by atoms with E-state index in [1.807, 2.05) is 18.2 Å². The minimum absolute atomic E-state index is 0.137. The topological polar surface area (TPSA) is 21.3 Å². The highest BCUT2D eigenvalue weighted by atomic mass is 35.5. The van der Waals surface area contributed by atoms with E-state index < -0.39 is 0 Å². The Labute approximate surface area is 128 Å². The van der Waals surface area contributed by atoms with Gasteiger partial charge in [0, 0.05) is 27.9 Å². The van der Waals surface area contributed by atoms with Crippen molar-refractivity contribution in [3.05, 3.63) is 51.2 Å². The van der Waals surface area contributed by atoms with Crippen LogP contribution in [0, 0.1) is 0 Å². The highest BCUT2D eigenvalue weighted by molar-refractivity contribution is 7.10. The van der Waals surface area contributed by atoms with Crippen molar-refractivity contribution in [3.63, 3.8) is 0 Å². The van der Waals surface area contributed by atoms with Crippen molar-refractivity contribution in [2.24, 2.45) is 0 Å². The number of nitrogens with one attached hydrogen (secondary N) is 1. The molecule has 3 rings (SSSR count). The van der Waals surface area contributed by atoms with E-state index in [1.165, 1.54) is 10.4 Å². The van der Waals surface area contributed by atoms with Crippen LogP contribution in [-0.2, 0) is 0 Å². The van der Waals surface area contributed by atoms with Crippen molar-refractivity contribution < 1.29 is 4.74 Å². The summed E-state index contributed by atoms with van der Waals surface area (Å²) in [7, 11) is 0. The van der Waals surface area contributed by atoms with E-state index in [0.717, 1.165) is 30.2 Å². The van der Waals surface area contributed by atoms with Gasteiger partial charge in [-0.15, -0.1) is 11.3 Å². The fourth-order valence-electron chi connectivity index (χ4n) is 2.60. The molecule has 20 heavy (non-hydrogen) atoms. The number of thiophene rings is 1. The number of hydrogen-bond acceptors (Lipinski definition) is 3. The molecule has 1 aliphatic heterocycles. The Balaban J connectivity index is 1.90. The summed E-state index contributed by atoms with van der Waals surface area (Å²) in [6, 6.07) is 10.4. The Morgan fingerprint density at radius 3 is 3.05 bits per heavy atom. The minimum Gasteiger partial charge on any atom is -0.484 e. The average Bonchev–Trinajstić information content (AvgIpc) is 2.99. The molecule has 1 aromatic heterocycles. The van der Waals surface area contributed by atoms with Crippen LogP contribution in [0.5, 0.6) is 5.75 Å². The summed E-state index contributed by atoms with van der Waals surface area (Å²) in [5, 5.41) is 6.48. The standard InChI is InChI=1S/C16H18ClNOS/c1-2-7-18-13-10-15(16-4-3-8-20-16)19-14-6-5-11(17)9-12(13)14/h3-6,8-9,13,15,18H,2,7,10H2,1H3. The molecule has 0 radical (unpaired) electrons. The fourth-order valence-corrected chi connectivity index (χ4v) is 3.55. The molecule has 0 saturated carbocycles. The molecule has 1 aliphatic rings. The Hall–Kier alpha value is -1.03. The molecule has 4 heteroatoms. The van der Waals surface area contributed by atoms with E-state index in [1.54, 1.807) is 11.3 Å². The molecular weight excluding hydrogens is 290 g/mol. The van der Waals surface area contributed by atoms with Gasteiger partial charge in [0.1, 0.15) is 11.9 Å². The van der Waals surface area contributed by atoms with Gasteiger partial charge in [-0.1, -0.05) is 24.6 Å². The monoisotopic (exact) mass is 307 g/mol. The van der Waals surface area contributed by atoms with Crippen molar-refractivity contribution in [2.45, 2.75) is 31.9 Å². The number of hydrogen-bond donors (Lipinski definition) is 1. The van der Waals surface area contributed by atoms with E-state index in [4.69, 9.17) is 16.3 Å². The lowest BCUT2D eigenvalue weighted by Gasteiger charge is -2.32. The molecule has 0 bridgehead atoms. The van der Waals surface area contributed by atoms with Crippen LogP contribution in [0.15, 0.2) is 35.7 Å². The van der Waals surface area contributed by atoms with Crippen molar-refractivity contribution in [1.29, 1.82) is 0 Å². The number of ether oxygens (including phenoxy) is 1. The Morgan fingerprint density at radius 2 is 2.30 bits per heavy atom. The van der Waals surface area contributed by atoms with Crippen molar-refractivity contribution in [2.75, 3.05) is 6.54 Å². The summed E-state index contributed by atoms with van der Waals surface area (Å²) >= 11 is 7.88. The first-order valence-electron chi connectivity index (χ1n) is 7.01. The lowest BCUT2D eigenvalue weighted by atomic mass is 9.95. The average molecular weight is 308 g/mol. The fraction of sp³-hybridized carbons (Fsp3) is 0.375. The molecule has 2 atom stereocenters. The second kappa shape index (κ2) is 6.17. The molecular formula is C16H18ClNOS. The van der Waals surface area contributed by atoms with Crippen LogP contribution in [0.3, 0.4) is 0 Å². The maximum atomic E-state index is 6.15. The first kappa shape index (κ1) is 13.9. The van der Waals surface area contributed by atoms with E-state index >= 15 is 0 Å². The lowest BCUT2D eigenvalue weighted by Crippen LogP contribution is -2.29. The van der Waals surface area contributed by atoms with Crippen LogP contribution in [0.4, 0.5) is 0 Å². The quantitative estimate of drug-likeness (QED) is 0.861. The zero-order valence-corrected chi connectivity index (χ0v) is 13.0. The maximum Gasteiger partial charge on any atom is 0.135 e. The number of fused-ring (bicyclic) bond motifs is 1. The number of rotatable bonds is 4. The van der Waals surface area contributed by atoms with Crippen LogP contribution in [0.25, 0.3) is 0 Å². The zero-order chi connectivity index (χ0) is 13.9. The first-order valence-corrected chi connectivity index (χ1v) is 8.26. The molecule has 0 aliphatic carbocycles. The van der Waals surface area contributed by atoms with E-state index in [2.05, 4.69) is 29.8 Å². The van der Waals surface area contributed by atoms with Crippen LogP contribution >= 0.6 is 22.9 Å². The summed E-state index contributed by atoms with van der Waals surface area (Å²) in [5.74, 6) is 0.952. The van der Waals surface area contributed by atoms with Gasteiger partial charge in [-0.3, -0.25) is 0 Å². The highest BCUT2D eigenvalue weighted by Gasteiger charge is 2.29. The van der Waals surface area contributed by atoms with Gasteiger partial charge in [-0.05, 0) is 42.6 Å². The van der Waals surface area contributed by atoms with Gasteiger partial charge in [-0.25, -0.2) is 0 Å². The van der Waals surface area contributed by atoms with Crippen LogP contribution in [0.2, 0.25) is 5.02 Å². The van der Waals surface area contributed by atoms with Crippen LogP contribution in [0.1, 0.15) is 42.4 Å². The molecule has 0 spiro atoms. The highest BCUT2D eigenvalue weighted by Crippen LogP contribution is 2.42. The van der Waals surface area contributed by atoms with Gasteiger partial charge >= 0.3 is 0 Å². The third-order valence-corrected chi connectivity index (χ3v) is 4.77. The minimum atomic E-state index is 0.137. The number of halogens is 1. The summed E-state index contributed by atoms with van der Waals surface area (Å²) in [6.07, 6.45) is 2.21. The predicted molar refractivity (Wildman–Crippen MR) is 84.8 cm³/mol. The smallest absolute Gasteiger partial charge is 0.135 e. The Bertz CT molecular complexity index is 570. The summed E-state index contributed by atoms with van der Waals surface area (Å²) in [5.41, 5.74) is 1.18. The van der Waals surface area contributed by atoms with Gasteiger partial charge < -0.3 is 10.1 Å². The molecule has 0 fully saturated rings. The largest absolute Gasteiger partial charge is 0.484 e. The molecule has 1 N–H and O–H groups in total. The number of benzene rings is 1. The molecule has 2 heterocycles. The van der Waals surface area contributed by atoms with Crippen LogP contribution in [-0.4, -0.2) is 6.54 Å². The second-order valence-corrected chi connectivity index (χ2v) is 6.46. The molecule has 1 aromatic carbocycles. The Kier molecular flexibility index (Phi) is 4.29. The lowest BCUT2D eigenvalue weighted by molar-refractivity contribution is 0.155. The Morgan fingerprint density at radius 1 is 1.40 bits per heavy atom. The molecule has 106 valence electrons. The van der Waals surface area contributed by atoms with Gasteiger partial charge in [0.15, 0.2) is 0 Å². The van der Waals surface area contributed by atoms with Gasteiger partial charge in [0.2, 0.25) is 0 Å². The zero-order valence-electron chi connectivity index (χ0n) is 11.4. The molecule has 0 saturated heterocycles. The summed E-state index contributed by atoms with van der Waals surface area (Å²) < 4.78 is 6.15. The molecule has 2 aromatic rings. The summed E-state index contributed by atoms with van der Waals surface area (Å²) in [6.45, 7) is 3.19. The van der Waals surface area contributed by atoms with E-state index in [0.29, 0.717) is 6.04 Å². The second-order valence-electron chi connectivity index (χ2n) is 5.05. The maximum absolute atomic E-state index is 6.15. The SMILES string of the molecule is CCCNC1CC(c2cccs2)Oc2ccc(Cl)cc21. The van der Waals surface area contributed by atoms with Gasteiger partial charge in [-0.2, -0.15) is 0 Å². The molecule has 0 amide bonds.